The Morgan fingerprint density at radius 1 is 1.15 bits per heavy atom. The molecule has 1 fully saturated rings. The van der Waals surface area contributed by atoms with Gasteiger partial charge in [-0.25, -0.2) is 14.6 Å². The molecule has 172 valence electrons. The van der Waals surface area contributed by atoms with Gasteiger partial charge in [0.2, 0.25) is 5.91 Å². The zero-order chi connectivity index (χ0) is 22.6. The van der Waals surface area contributed by atoms with Crippen LogP contribution in [0.15, 0.2) is 48.4 Å². The summed E-state index contributed by atoms with van der Waals surface area (Å²) in [5.74, 6) is 1.01. The van der Waals surface area contributed by atoms with E-state index in [1.165, 1.54) is 36.8 Å². The van der Waals surface area contributed by atoms with Crippen LogP contribution in [0.3, 0.4) is 0 Å². The molecule has 1 amide bonds. The van der Waals surface area contributed by atoms with Crippen LogP contribution in [0.1, 0.15) is 50.5 Å². The number of carbonyl (C=O) groups excluding carboxylic acids is 1. The Labute approximate surface area is 194 Å². The minimum Gasteiger partial charge on any atom is -0.355 e. The van der Waals surface area contributed by atoms with Crippen LogP contribution in [0.5, 0.6) is 0 Å². The first-order chi connectivity index (χ1) is 16.2. The Bertz CT molecular complexity index is 1150. The predicted molar refractivity (Wildman–Crippen MR) is 131 cm³/mol. The van der Waals surface area contributed by atoms with Gasteiger partial charge < -0.3 is 10.2 Å². The zero-order valence-corrected chi connectivity index (χ0v) is 19.3. The van der Waals surface area contributed by atoms with Crippen LogP contribution in [0.4, 0.5) is 5.82 Å². The van der Waals surface area contributed by atoms with Crippen LogP contribution in [0, 0.1) is 12.8 Å². The summed E-state index contributed by atoms with van der Waals surface area (Å²) < 4.78 is 1.86. The SMILES string of the molecule is Cc1ccc(-n2cc3c(N4CCC[C@@H](C(=O)NCCC5=CCCCC5)C4)ncnc3n2)cc1. The highest BCUT2D eigenvalue weighted by atomic mass is 16.1. The molecule has 1 N–H and O–H groups in total. The molecule has 1 aliphatic heterocycles. The zero-order valence-electron chi connectivity index (χ0n) is 19.3. The van der Waals surface area contributed by atoms with Crippen molar-refractivity contribution in [3.8, 4) is 5.69 Å². The highest BCUT2D eigenvalue weighted by molar-refractivity contribution is 5.87. The van der Waals surface area contributed by atoms with Gasteiger partial charge in [-0.15, -0.1) is 5.10 Å². The molecule has 2 aromatic heterocycles. The van der Waals surface area contributed by atoms with Crippen molar-refractivity contribution in [1.82, 2.24) is 25.1 Å². The number of nitrogens with zero attached hydrogens (tertiary/aromatic N) is 5. The Balaban J connectivity index is 1.27. The Hall–Kier alpha value is -3.22. The lowest BCUT2D eigenvalue weighted by Crippen LogP contribution is -2.43. The number of aromatic nitrogens is 4. The van der Waals surface area contributed by atoms with Gasteiger partial charge in [0, 0.05) is 25.8 Å². The molecule has 7 heteroatoms. The van der Waals surface area contributed by atoms with E-state index in [1.807, 2.05) is 10.9 Å². The first-order valence-electron chi connectivity index (χ1n) is 12.2. The average molecular weight is 445 g/mol. The third-order valence-corrected chi connectivity index (χ3v) is 6.82. The van der Waals surface area contributed by atoms with E-state index in [9.17, 15) is 4.79 Å². The summed E-state index contributed by atoms with van der Waals surface area (Å²) in [5.41, 5.74) is 4.38. The molecule has 3 heterocycles. The minimum atomic E-state index is -0.0174. The van der Waals surface area contributed by atoms with E-state index >= 15 is 0 Å². The molecule has 0 saturated carbocycles. The molecule has 5 rings (SSSR count). The summed E-state index contributed by atoms with van der Waals surface area (Å²) in [6, 6.07) is 8.26. The summed E-state index contributed by atoms with van der Waals surface area (Å²) >= 11 is 0. The van der Waals surface area contributed by atoms with Crippen molar-refractivity contribution in [1.29, 1.82) is 0 Å². The largest absolute Gasteiger partial charge is 0.355 e. The van der Waals surface area contributed by atoms with Crippen molar-refractivity contribution in [2.75, 3.05) is 24.5 Å². The number of aryl methyl sites for hydroxylation is 1. The maximum atomic E-state index is 12.9. The topological polar surface area (TPSA) is 75.9 Å². The van der Waals surface area contributed by atoms with Gasteiger partial charge in [0.1, 0.15) is 12.1 Å². The average Bonchev–Trinajstić information content (AvgIpc) is 3.30. The Kier molecular flexibility index (Phi) is 6.37. The van der Waals surface area contributed by atoms with Crippen LogP contribution in [-0.4, -0.2) is 45.3 Å². The molecular weight excluding hydrogens is 412 g/mol. The molecule has 33 heavy (non-hydrogen) atoms. The van der Waals surface area contributed by atoms with E-state index in [2.05, 4.69) is 62.5 Å². The fourth-order valence-electron chi connectivity index (χ4n) is 4.91. The third kappa shape index (κ3) is 4.92. The minimum absolute atomic E-state index is 0.0174. The maximum absolute atomic E-state index is 12.9. The van der Waals surface area contributed by atoms with Crippen molar-refractivity contribution < 1.29 is 4.79 Å². The Morgan fingerprint density at radius 2 is 2.03 bits per heavy atom. The summed E-state index contributed by atoms with van der Waals surface area (Å²) in [4.78, 5) is 24.1. The lowest BCUT2D eigenvalue weighted by Gasteiger charge is -2.33. The molecule has 7 nitrogen and oxygen atoms in total. The Morgan fingerprint density at radius 3 is 2.85 bits per heavy atom. The molecule has 1 atom stereocenters. The maximum Gasteiger partial charge on any atom is 0.224 e. The quantitative estimate of drug-likeness (QED) is 0.572. The molecular formula is C26H32N6O. The van der Waals surface area contributed by atoms with Crippen LogP contribution in [-0.2, 0) is 4.79 Å². The van der Waals surface area contributed by atoms with Crippen molar-refractivity contribution in [3.63, 3.8) is 0 Å². The number of fused-ring (bicyclic) bond motifs is 1. The number of anilines is 1. The first-order valence-corrected chi connectivity index (χ1v) is 12.2. The van der Waals surface area contributed by atoms with Gasteiger partial charge in [-0.3, -0.25) is 4.79 Å². The predicted octanol–water partition coefficient (Wildman–Crippen LogP) is 4.35. The number of benzene rings is 1. The number of allylic oxidation sites excluding steroid dienone is 1. The molecule has 1 aromatic carbocycles. The van der Waals surface area contributed by atoms with Gasteiger partial charge in [0.25, 0.3) is 0 Å². The molecule has 1 saturated heterocycles. The molecule has 3 aromatic rings. The van der Waals surface area contributed by atoms with E-state index in [1.54, 1.807) is 6.33 Å². The van der Waals surface area contributed by atoms with Gasteiger partial charge in [-0.2, -0.15) is 0 Å². The van der Waals surface area contributed by atoms with Gasteiger partial charge in [0.15, 0.2) is 5.65 Å². The molecule has 2 aliphatic rings. The van der Waals surface area contributed by atoms with Gasteiger partial charge in [-0.05, 0) is 64.0 Å². The number of carbonyl (C=O) groups is 1. The van der Waals surface area contributed by atoms with Crippen molar-refractivity contribution >= 4 is 22.8 Å². The van der Waals surface area contributed by atoms with Crippen LogP contribution >= 0.6 is 0 Å². The smallest absolute Gasteiger partial charge is 0.224 e. The number of hydrogen-bond acceptors (Lipinski definition) is 5. The summed E-state index contributed by atoms with van der Waals surface area (Å²) in [6.07, 6.45) is 13.8. The van der Waals surface area contributed by atoms with Crippen molar-refractivity contribution in [3.05, 3.63) is 54.0 Å². The number of amides is 1. The second kappa shape index (κ2) is 9.73. The molecule has 0 unspecified atom stereocenters. The van der Waals surface area contributed by atoms with E-state index in [-0.39, 0.29) is 11.8 Å². The third-order valence-electron chi connectivity index (χ3n) is 6.82. The molecule has 1 aliphatic carbocycles. The summed E-state index contributed by atoms with van der Waals surface area (Å²) in [5, 5.41) is 8.76. The standard InChI is InChI=1S/C26H32N6O/c1-19-9-11-22(12-10-19)32-17-23-24(30-32)28-18-29-25(23)31-15-5-8-21(16-31)26(33)27-14-13-20-6-3-2-4-7-20/h6,9-12,17-18,21H,2-5,7-8,13-16H2,1H3,(H,27,33)/t21-/m1/s1. The highest BCUT2D eigenvalue weighted by Gasteiger charge is 2.28. The van der Waals surface area contributed by atoms with E-state index in [0.717, 1.165) is 49.2 Å². The fraction of sp³-hybridized carbons (Fsp3) is 0.462. The number of hydrogen-bond donors (Lipinski definition) is 1. The second-order valence-corrected chi connectivity index (χ2v) is 9.28. The van der Waals surface area contributed by atoms with E-state index in [0.29, 0.717) is 12.2 Å². The summed E-state index contributed by atoms with van der Waals surface area (Å²) in [6.45, 7) is 4.38. The second-order valence-electron chi connectivity index (χ2n) is 9.28. The van der Waals surface area contributed by atoms with Gasteiger partial charge >= 0.3 is 0 Å². The van der Waals surface area contributed by atoms with Crippen molar-refractivity contribution in [2.45, 2.75) is 51.9 Å². The summed E-state index contributed by atoms with van der Waals surface area (Å²) in [7, 11) is 0. The lowest BCUT2D eigenvalue weighted by atomic mass is 9.96. The number of rotatable bonds is 6. The monoisotopic (exact) mass is 444 g/mol. The van der Waals surface area contributed by atoms with Crippen LogP contribution in [0.2, 0.25) is 0 Å². The van der Waals surface area contributed by atoms with Gasteiger partial charge in [0.05, 0.1) is 17.0 Å². The van der Waals surface area contributed by atoms with E-state index in [4.69, 9.17) is 0 Å². The van der Waals surface area contributed by atoms with Crippen LogP contribution < -0.4 is 10.2 Å². The van der Waals surface area contributed by atoms with Crippen LogP contribution in [0.25, 0.3) is 16.7 Å². The van der Waals surface area contributed by atoms with E-state index < -0.39 is 0 Å². The van der Waals surface area contributed by atoms with Gasteiger partial charge in [-0.1, -0.05) is 29.3 Å². The molecule has 0 bridgehead atoms. The normalized spacial score (nSPS) is 18.9. The number of piperidine rings is 1. The van der Waals surface area contributed by atoms with Crippen molar-refractivity contribution in [2.24, 2.45) is 5.92 Å². The lowest BCUT2D eigenvalue weighted by molar-refractivity contribution is -0.125. The molecule has 0 spiro atoms. The number of nitrogens with one attached hydrogen (secondary N) is 1. The fourth-order valence-corrected chi connectivity index (χ4v) is 4.91. The highest BCUT2D eigenvalue weighted by Crippen LogP contribution is 2.28. The first kappa shape index (κ1) is 21.6. The molecule has 0 radical (unpaired) electrons.